The summed E-state index contributed by atoms with van der Waals surface area (Å²) in [6.45, 7) is 1.19. The fraction of sp³-hybridized carbons (Fsp3) is 0.222. The van der Waals surface area contributed by atoms with E-state index in [1.165, 1.54) is 6.92 Å². The molecule has 0 aliphatic heterocycles. The third kappa shape index (κ3) is 4.73. The number of benzene rings is 1. The van der Waals surface area contributed by atoms with Crippen LogP contribution < -0.4 is 5.32 Å². The molecule has 0 saturated heterocycles. The Morgan fingerprint density at radius 1 is 0.906 bits per heavy atom. The summed E-state index contributed by atoms with van der Waals surface area (Å²) in [4.78, 5) is 12.2. The predicted molar refractivity (Wildman–Crippen MR) is 90.0 cm³/mol. The number of carbonyl (C=O) groups is 1. The van der Waals surface area contributed by atoms with Gasteiger partial charge in [0.05, 0.1) is 11.3 Å². The molecule has 1 N–H and O–H groups in total. The van der Waals surface area contributed by atoms with Crippen molar-refractivity contribution in [1.29, 1.82) is 0 Å². The zero-order chi connectivity index (χ0) is 24.1. The molecule has 3 rings (SSSR count). The van der Waals surface area contributed by atoms with Gasteiger partial charge in [-0.2, -0.15) is 44.6 Å². The molecule has 0 bridgehead atoms. The van der Waals surface area contributed by atoms with Gasteiger partial charge in [-0.15, -0.1) is 0 Å². The van der Waals surface area contributed by atoms with Crippen LogP contribution in [0.5, 0.6) is 0 Å². The Morgan fingerprint density at radius 2 is 1.50 bits per heavy atom. The Morgan fingerprint density at radius 3 is 2.00 bits per heavy atom. The summed E-state index contributed by atoms with van der Waals surface area (Å²) >= 11 is 0. The van der Waals surface area contributed by atoms with Crippen molar-refractivity contribution in [2.45, 2.75) is 25.5 Å². The summed E-state index contributed by atoms with van der Waals surface area (Å²) in [5.41, 5.74) is -4.84. The molecule has 0 unspecified atom stereocenters. The first kappa shape index (κ1) is 23.2. The molecule has 2 heterocycles. The van der Waals surface area contributed by atoms with Gasteiger partial charge >= 0.3 is 18.5 Å². The average molecular weight is 471 g/mol. The SMILES string of the molecule is Cc1cc(C(=O)Nc2ccc(-n3nc(C(F)(F)F)cc3C(F)(F)F)cc2)c(C(F)(F)F)o1. The number of rotatable bonds is 3. The Balaban J connectivity index is 1.90. The van der Waals surface area contributed by atoms with Crippen molar-refractivity contribution in [2.24, 2.45) is 0 Å². The number of nitrogens with one attached hydrogen (secondary N) is 1. The molecular weight excluding hydrogens is 461 g/mol. The van der Waals surface area contributed by atoms with E-state index in [1.807, 2.05) is 0 Å². The fourth-order valence-corrected chi connectivity index (χ4v) is 2.70. The van der Waals surface area contributed by atoms with Crippen LogP contribution in [0.15, 0.2) is 40.8 Å². The number of hydrogen-bond acceptors (Lipinski definition) is 3. The first-order chi connectivity index (χ1) is 14.6. The van der Waals surface area contributed by atoms with Gasteiger partial charge in [0.15, 0.2) is 5.69 Å². The van der Waals surface area contributed by atoms with Gasteiger partial charge in [-0.25, -0.2) is 4.68 Å². The molecule has 0 saturated carbocycles. The van der Waals surface area contributed by atoms with Crippen LogP contribution >= 0.6 is 0 Å². The molecule has 0 spiro atoms. The van der Waals surface area contributed by atoms with E-state index in [0.29, 0.717) is 0 Å². The van der Waals surface area contributed by atoms with Crippen molar-refractivity contribution in [1.82, 2.24) is 9.78 Å². The third-order valence-corrected chi connectivity index (χ3v) is 4.02. The number of halogens is 9. The average Bonchev–Trinajstić information content (AvgIpc) is 3.26. The molecule has 0 radical (unpaired) electrons. The largest absolute Gasteiger partial charge is 0.456 e. The number of anilines is 1. The highest BCUT2D eigenvalue weighted by atomic mass is 19.4. The van der Waals surface area contributed by atoms with Gasteiger partial charge in [0.1, 0.15) is 11.5 Å². The number of hydrogen-bond donors (Lipinski definition) is 1. The van der Waals surface area contributed by atoms with Crippen LogP contribution in [-0.2, 0) is 18.5 Å². The maximum absolute atomic E-state index is 13.1. The molecule has 14 heteroatoms. The highest BCUT2D eigenvalue weighted by Crippen LogP contribution is 2.37. The highest BCUT2D eigenvalue weighted by Gasteiger charge is 2.42. The minimum absolute atomic E-state index is 0.0234. The second-order valence-electron chi connectivity index (χ2n) is 6.42. The molecule has 0 aliphatic carbocycles. The Kier molecular flexibility index (Phi) is 5.51. The van der Waals surface area contributed by atoms with E-state index in [1.54, 1.807) is 0 Å². The lowest BCUT2D eigenvalue weighted by atomic mass is 10.2. The van der Waals surface area contributed by atoms with Crippen molar-refractivity contribution in [3.05, 3.63) is 64.9 Å². The van der Waals surface area contributed by atoms with Gasteiger partial charge in [0.25, 0.3) is 5.91 Å². The predicted octanol–water partition coefficient (Wildman–Crippen LogP) is 6.08. The fourth-order valence-electron chi connectivity index (χ4n) is 2.70. The van der Waals surface area contributed by atoms with E-state index < -0.39 is 52.8 Å². The summed E-state index contributed by atoms with van der Waals surface area (Å²) in [7, 11) is 0. The molecule has 3 aromatic rings. The van der Waals surface area contributed by atoms with Crippen molar-refractivity contribution in [2.75, 3.05) is 5.32 Å². The summed E-state index contributed by atoms with van der Waals surface area (Å²) in [5.74, 6) is -2.93. The number of nitrogens with zero attached hydrogens (tertiary/aromatic N) is 2. The molecule has 2 aromatic heterocycles. The molecule has 0 fully saturated rings. The topological polar surface area (TPSA) is 60.1 Å². The third-order valence-electron chi connectivity index (χ3n) is 4.02. The van der Waals surface area contributed by atoms with E-state index in [0.717, 1.165) is 30.3 Å². The summed E-state index contributed by atoms with van der Waals surface area (Å²) in [6.07, 6.45) is -15.2. The number of carbonyl (C=O) groups excluding carboxylic acids is 1. The van der Waals surface area contributed by atoms with E-state index >= 15 is 0 Å². The first-order valence-corrected chi connectivity index (χ1v) is 8.41. The van der Waals surface area contributed by atoms with Gasteiger partial charge < -0.3 is 9.73 Å². The van der Waals surface area contributed by atoms with Crippen LogP contribution in [0.2, 0.25) is 0 Å². The van der Waals surface area contributed by atoms with Gasteiger partial charge in [-0.3, -0.25) is 4.79 Å². The lowest BCUT2D eigenvalue weighted by Crippen LogP contribution is -2.17. The Bertz CT molecular complexity index is 1140. The van der Waals surface area contributed by atoms with E-state index in [9.17, 15) is 44.3 Å². The van der Waals surface area contributed by atoms with Crippen LogP contribution in [0, 0.1) is 6.92 Å². The second kappa shape index (κ2) is 7.60. The number of amides is 1. The summed E-state index contributed by atoms with van der Waals surface area (Å²) in [5, 5.41) is 5.05. The van der Waals surface area contributed by atoms with E-state index in [2.05, 4.69) is 14.8 Å². The second-order valence-corrected chi connectivity index (χ2v) is 6.42. The zero-order valence-electron chi connectivity index (χ0n) is 15.6. The Hall–Kier alpha value is -3.45. The Labute approximate surface area is 172 Å². The minimum Gasteiger partial charge on any atom is -0.456 e. The van der Waals surface area contributed by atoms with E-state index in [-0.39, 0.29) is 22.2 Å². The maximum atomic E-state index is 13.1. The molecule has 0 atom stereocenters. The normalized spacial score (nSPS) is 12.8. The molecular formula is C18H10F9N3O2. The number of alkyl halides is 9. The van der Waals surface area contributed by atoms with Gasteiger partial charge in [0.2, 0.25) is 5.76 Å². The standard InChI is InChI=1S/C18H10F9N3O2/c1-8-6-11(14(32-8)18(25,26)27)15(31)28-9-2-4-10(5-3-9)30-13(17(22,23)24)7-12(29-30)16(19,20)21/h2-7H,1H3,(H,28,31). The van der Waals surface area contributed by atoms with Crippen LogP contribution in [0.3, 0.4) is 0 Å². The lowest BCUT2D eigenvalue weighted by Gasteiger charge is -2.11. The zero-order valence-corrected chi connectivity index (χ0v) is 15.6. The highest BCUT2D eigenvalue weighted by molar-refractivity contribution is 6.05. The van der Waals surface area contributed by atoms with Gasteiger partial charge in [-0.05, 0) is 37.3 Å². The monoisotopic (exact) mass is 471 g/mol. The number of aromatic nitrogens is 2. The molecule has 1 amide bonds. The van der Waals surface area contributed by atoms with Gasteiger partial charge in [0, 0.05) is 11.8 Å². The van der Waals surface area contributed by atoms with Crippen LogP contribution in [0.1, 0.15) is 33.3 Å². The molecule has 0 aliphatic rings. The van der Waals surface area contributed by atoms with Crippen molar-refractivity contribution in [3.8, 4) is 5.69 Å². The van der Waals surface area contributed by atoms with Crippen LogP contribution in [0.25, 0.3) is 5.69 Å². The minimum atomic E-state index is -5.16. The van der Waals surface area contributed by atoms with Crippen LogP contribution in [-0.4, -0.2) is 15.7 Å². The quantitative estimate of drug-likeness (QED) is 0.471. The van der Waals surface area contributed by atoms with Crippen molar-refractivity contribution < 1.29 is 48.7 Å². The molecule has 5 nitrogen and oxygen atoms in total. The molecule has 172 valence electrons. The van der Waals surface area contributed by atoms with Gasteiger partial charge in [-0.1, -0.05) is 0 Å². The first-order valence-electron chi connectivity index (χ1n) is 8.41. The maximum Gasteiger partial charge on any atom is 0.450 e. The van der Waals surface area contributed by atoms with Crippen molar-refractivity contribution in [3.63, 3.8) is 0 Å². The van der Waals surface area contributed by atoms with E-state index in [4.69, 9.17) is 0 Å². The molecule has 32 heavy (non-hydrogen) atoms. The number of furan rings is 1. The lowest BCUT2D eigenvalue weighted by molar-refractivity contribution is -0.153. The van der Waals surface area contributed by atoms with Crippen molar-refractivity contribution >= 4 is 11.6 Å². The smallest absolute Gasteiger partial charge is 0.450 e. The van der Waals surface area contributed by atoms with Crippen LogP contribution in [0.4, 0.5) is 45.2 Å². The molecule has 1 aromatic carbocycles. The summed E-state index contributed by atoms with van der Waals surface area (Å²) in [6, 6.07) is 4.48. The summed E-state index contributed by atoms with van der Waals surface area (Å²) < 4.78 is 121. The number of aryl methyl sites for hydroxylation is 1.